The van der Waals surface area contributed by atoms with Gasteiger partial charge in [-0.1, -0.05) is 23.8 Å². The van der Waals surface area contributed by atoms with Crippen LogP contribution in [-0.2, 0) is 9.59 Å². The van der Waals surface area contributed by atoms with Crippen LogP contribution in [-0.4, -0.2) is 42.0 Å². The van der Waals surface area contributed by atoms with E-state index in [4.69, 9.17) is 5.26 Å². The molecule has 0 aromatic heterocycles. The summed E-state index contributed by atoms with van der Waals surface area (Å²) >= 11 is 0. The Morgan fingerprint density at radius 3 is 2.32 bits per heavy atom. The van der Waals surface area contributed by atoms with Crippen LogP contribution in [0.5, 0.6) is 0 Å². The number of aliphatic hydroxyl groups excluding tert-OH is 1. The van der Waals surface area contributed by atoms with E-state index in [2.05, 4.69) is 0 Å². The van der Waals surface area contributed by atoms with Crippen LogP contribution in [0.4, 0.5) is 5.69 Å². The van der Waals surface area contributed by atoms with E-state index in [0.29, 0.717) is 22.4 Å². The van der Waals surface area contributed by atoms with Crippen molar-refractivity contribution >= 4 is 23.1 Å². The summed E-state index contributed by atoms with van der Waals surface area (Å²) in [5.74, 6) is -0.859. The molecule has 3 rings (SSSR count). The molecule has 0 atom stereocenters. The fourth-order valence-corrected chi connectivity index (χ4v) is 3.39. The number of nitrogens with zero attached hydrogens (tertiary/aromatic N) is 3. The van der Waals surface area contributed by atoms with E-state index in [1.165, 1.54) is 0 Å². The molecule has 0 saturated heterocycles. The van der Waals surface area contributed by atoms with Crippen molar-refractivity contribution in [1.82, 2.24) is 4.90 Å². The summed E-state index contributed by atoms with van der Waals surface area (Å²) in [5.41, 5.74) is 4.09. The van der Waals surface area contributed by atoms with Crippen LogP contribution in [0.2, 0.25) is 0 Å². The van der Waals surface area contributed by atoms with Crippen LogP contribution in [0.15, 0.2) is 48.2 Å². The van der Waals surface area contributed by atoms with Gasteiger partial charge < -0.3 is 10.0 Å². The van der Waals surface area contributed by atoms with Gasteiger partial charge in [-0.3, -0.25) is 9.59 Å². The van der Waals surface area contributed by atoms with Gasteiger partial charge >= 0.3 is 0 Å². The highest BCUT2D eigenvalue weighted by atomic mass is 16.3. The van der Waals surface area contributed by atoms with Gasteiger partial charge in [0.1, 0.15) is 5.70 Å². The number of nitriles is 1. The highest BCUT2D eigenvalue weighted by Gasteiger charge is 2.42. The lowest BCUT2D eigenvalue weighted by Crippen LogP contribution is -2.34. The maximum Gasteiger partial charge on any atom is 0.282 e. The average molecular weight is 375 g/mol. The first-order chi connectivity index (χ1) is 13.4. The van der Waals surface area contributed by atoms with E-state index in [0.717, 1.165) is 16.0 Å². The molecule has 2 aromatic carbocycles. The second-order valence-corrected chi connectivity index (χ2v) is 6.79. The van der Waals surface area contributed by atoms with Gasteiger partial charge in [0.15, 0.2) is 0 Å². The van der Waals surface area contributed by atoms with Gasteiger partial charge in [-0.05, 0) is 49.2 Å². The van der Waals surface area contributed by atoms with Crippen molar-refractivity contribution in [3.8, 4) is 6.07 Å². The van der Waals surface area contributed by atoms with Crippen LogP contribution < -0.4 is 4.90 Å². The van der Waals surface area contributed by atoms with Crippen molar-refractivity contribution < 1.29 is 14.7 Å². The van der Waals surface area contributed by atoms with Gasteiger partial charge in [-0.25, -0.2) is 4.90 Å². The molecule has 0 saturated carbocycles. The molecule has 1 aliphatic rings. The molecule has 0 bridgehead atoms. The number of carbonyl (C=O) groups excluding carboxylic acids is 2. The van der Waals surface area contributed by atoms with E-state index in [1.54, 1.807) is 36.2 Å². The Bertz CT molecular complexity index is 1020. The molecule has 1 N–H and O–H groups in total. The Morgan fingerprint density at radius 2 is 1.75 bits per heavy atom. The monoisotopic (exact) mass is 375 g/mol. The lowest BCUT2D eigenvalue weighted by molar-refractivity contribution is -0.120. The van der Waals surface area contributed by atoms with Gasteiger partial charge in [0, 0.05) is 13.6 Å². The van der Waals surface area contributed by atoms with E-state index < -0.39 is 11.8 Å². The molecule has 6 nitrogen and oxygen atoms in total. The minimum Gasteiger partial charge on any atom is -0.395 e. The molecular formula is C22H21N3O3. The fraction of sp³-hybridized carbons (Fsp3) is 0.227. The largest absolute Gasteiger partial charge is 0.395 e. The number of hydrogen-bond donors (Lipinski definition) is 1. The highest BCUT2D eigenvalue weighted by Crippen LogP contribution is 2.35. The average Bonchev–Trinajstić information content (AvgIpc) is 2.92. The molecule has 6 heteroatoms. The van der Waals surface area contributed by atoms with Crippen molar-refractivity contribution in [2.45, 2.75) is 13.8 Å². The van der Waals surface area contributed by atoms with Gasteiger partial charge in [-0.15, -0.1) is 0 Å². The molecule has 2 aromatic rings. The number of likely N-dealkylation sites (N-methyl/N-ethyl adjacent to an activating group) is 1. The molecular weight excluding hydrogens is 354 g/mol. The van der Waals surface area contributed by atoms with Gasteiger partial charge in [0.25, 0.3) is 11.8 Å². The quantitative estimate of drug-likeness (QED) is 0.811. The summed E-state index contributed by atoms with van der Waals surface area (Å²) in [6.45, 7) is 3.96. The molecule has 0 aliphatic carbocycles. The number of aryl methyl sites for hydroxylation is 2. The van der Waals surface area contributed by atoms with Crippen molar-refractivity contribution in [2.75, 3.05) is 25.1 Å². The topological polar surface area (TPSA) is 84.6 Å². The second kappa shape index (κ2) is 7.67. The summed E-state index contributed by atoms with van der Waals surface area (Å²) in [7, 11) is 1.68. The van der Waals surface area contributed by atoms with E-state index in [-0.39, 0.29) is 18.8 Å². The number of rotatable bonds is 5. The molecule has 2 amide bonds. The molecule has 142 valence electrons. The number of aliphatic hydroxyl groups is 1. The second-order valence-electron chi connectivity index (χ2n) is 6.79. The third-order valence-corrected chi connectivity index (χ3v) is 4.78. The minimum absolute atomic E-state index is 0.140. The summed E-state index contributed by atoms with van der Waals surface area (Å²) in [5, 5.41) is 18.3. The fourth-order valence-electron chi connectivity index (χ4n) is 3.39. The van der Waals surface area contributed by atoms with Gasteiger partial charge in [0.05, 0.1) is 29.5 Å². The summed E-state index contributed by atoms with van der Waals surface area (Å²) in [4.78, 5) is 29.3. The third kappa shape index (κ3) is 3.28. The van der Waals surface area contributed by atoms with Gasteiger partial charge in [-0.2, -0.15) is 5.26 Å². The maximum atomic E-state index is 13.3. The molecule has 1 aliphatic heterocycles. The first-order valence-electron chi connectivity index (χ1n) is 8.92. The van der Waals surface area contributed by atoms with Crippen LogP contribution in [0.25, 0.3) is 5.57 Å². The Hall–Kier alpha value is -3.43. The highest BCUT2D eigenvalue weighted by molar-refractivity contribution is 6.45. The van der Waals surface area contributed by atoms with E-state index in [1.807, 2.05) is 38.1 Å². The number of amides is 2. The van der Waals surface area contributed by atoms with Crippen molar-refractivity contribution in [3.05, 3.63) is 70.4 Å². The van der Waals surface area contributed by atoms with Crippen LogP contribution in [0.1, 0.15) is 22.3 Å². The molecule has 28 heavy (non-hydrogen) atoms. The smallest absolute Gasteiger partial charge is 0.282 e. The van der Waals surface area contributed by atoms with Crippen molar-refractivity contribution in [1.29, 1.82) is 5.26 Å². The summed E-state index contributed by atoms with van der Waals surface area (Å²) in [6, 6.07) is 14.1. The zero-order valence-corrected chi connectivity index (χ0v) is 16.1. The number of benzene rings is 2. The molecule has 0 unspecified atom stereocenters. The third-order valence-electron chi connectivity index (χ3n) is 4.78. The zero-order chi connectivity index (χ0) is 20.4. The number of hydrogen-bond acceptors (Lipinski definition) is 5. The van der Waals surface area contributed by atoms with Crippen LogP contribution in [0, 0.1) is 25.2 Å². The molecule has 1 heterocycles. The number of anilines is 1. The Morgan fingerprint density at radius 1 is 1.07 bits per heavy atom. The minimum atomic E-state index is -0.444. The molecule has 0 fully saturated rings. The molecule has 0 spiro atoms. The van der Waals surface area contributed by atoms with Gasteiger partial charge in [0.2, 0.25) is 0 Å². The first-order valence-corrected chi connectivity index (χ1v) is 8.92. The standard InChI is InChI=1S/C22H21N3O3/c1-14-4-9-18(15(2)12-14)19-20(24(3)10-11-26)22(28)25(21(19)27)17-7-5-16(13-23)6-8-17/h4-9,12,26H,10-11H2,1-3H3. The number of imide groups is 1. The Kier molecular flexibility index (Phi) is 5.30. The van der Waals surface area contributed by atoms with E-state index >= 15 is 0 Å². The Balaban J connectivity index is 2.15. The predicted molar refractivity (Wildman–Crippen MR) is 106 cm³/mol. The first kappa shape index (κ1) is 19.3. The zero-order valence-electron chi connectivity index (χ0n) is 16.1. The lowest BCUT2D eigenvalue weighted by atomic mass is 9.97. The van der Waals surface area contributed by atoms with E-state index in [9.17, 15) is 14.7 Å². The predicted octanol–water partition coefficient (Wildman–Crippen LogP) is 2.38. The SMILES string of the molecule is Cc1ccc(C2=C(N(C)CCO)C(=O)N(c3ccc(C#N)cc3)C2=O)c(C)c1. The summed E-state index contributed by atoms with van der Waals surface area (Å²) in [6.07, 6.45) is 0. The summed E-state index contributed by atoms with van der Waals surface area (Å²) < 4.78 is 0. The van der Waals surface area contributed by atoms with Crippen molar-refractivity contribution in [3.63, 3.8) is 0 Å². The number of carbonyl (C=O) groups is 2. The van der Waals surface area contributed by atoms with Crippen molar-refractivity contribution in [2.24, 2.45) is 0 Å². The maximum absolute atomic E-state index is 13.3. The normalized spacial score (nSPS) is 13.9. The van der Waals surface area contributed by atoms with Crippen LogP contribution >= 0.6 is 0 Å². The molecule has 0 radical (unpaired) electrons. The lowest BCUT2D eigenvalue weighted by Gasteiger charge is -2.20. The van der Waals surface area contributed by atoms with Crippen LogP contribution in [0.3, 0.4) is 0 Å². The Labute approximate surface area is 163 Å².